The van der Waals surface area contributed by atoms with Gasteiger partial charge in [0.1, 0.15) is 35.3 Å². The van der Waals surface area contributed by atoms with Crippen LogP contribution in [0.1, 0.15) is 178 Å². The zero-order chi connectivity index (χ0) is 58.5. The van der Waals surface area contributed by atoms with E-state index in [1.807, 2.05) is 72.8 Å². The molecule has 1 aromatic rings. The maximum absolute atomic E-state index is 14.9. The first-order valence-corrected chi connectivity index (χ1v) is 29.5. The van der Waals surface area contributed by atoms with Crippen molar-refractivity contribution in [1.82, 2.24) is 26.4 Å². The van der Waals surface area contributed by atoms with Crippen molar-refractivity contribution in [1.29, 1.82) is 0 Å². The standard InChI is InChI=1S/C62H97N5O12/c1-12-44-31-42(10)55(64-57(44)74)41(9)30-40(8)52(72)33-51(71)37(5)22-25-46(69)26-23-38(6)53-28-21-36(4)16-13-17-39(7)56(73)48(27-24-43(11)68)58(75)63-54(35(2)3)59(76)65-62(34-49(62)45-18-14-19-47(70)32-45)61(78)67-29-15-20-50(66-67)60(77)79-53/h13-14,16,18-19,23,30,32,35-37,39-40,42,44,46,48-56,66,69-73H,12,15,17,20-22,24-29,31,33-34H2,1-11H3,(H,63,75)(H,64,74)(H,65,76)/b16-13+,38-23+,41-30-/t36?,37-,39-,40+,42-,44-,46?,48+,49?,50?,51-,52-,53-,54-,55?,56+,62?/m0/s1. The topological polar surface area (TPSA) is 264 Å². The molecule has 79 heavy (non-hydrogen) atoms. The van der Waals surface area contributed by atoms with E-state index < -0.39 is 95.5 Å². The van der Waals surface area contributed by atoms with Gasteiger partial charge >= 0.3 is 5.97 Å². The fourth-order valence-corrected chi connectivity index (χ4v) is 11.8. The summed E-state index contributed by atoms with van der Waals surface area (Å²) < 4.78 is 6.32. The molecule has 1 spiro atoms. The van der Waals surface area contributed by atoms with E-state index in [2.05, 4.69) is 28.3 Å². The Labute approximate surface area is 470 Å². The van der Waals surface area contributed by atoms with Crippen LogP contribution in [0.2, 0.25) is 0 Å². The number of carbonyl (C=O) groups excluding carboxylic acids is 6. The fourth-order valence-electron chi connectivity index (χ4n) is 11.8. The monoisotopic (exact) mass is 1100 g/mol. The van der Waals surface area contributed by atoms with E-state index in [0.29, 0.717) is 50.5 Å². The van der Waals surface area contributed by atoms with E-state index >= 15 is 0 Å². The highest BCUT2D eigenvalue weighted by atomic mass is 16.5. The van der Waals surface area contributed by atoms with Crippen LogP contribution in [0.4, 0.5) is 0 Å². The minimum Gasteiger partial charge on any atom is -0.508 e. The average Bonchev–Trinajstić information content (AvgIpc) is 3.89. The number of Topliss-reactive ketones (excluding diaryl/α,β-unsaturated/α-hetero) is 1. The number of hydrazine groups is 1. The van der Waals surface area contributed by atoms with Gasteiger partial charge in [0.05, 0.1) is 36.4 Å². The first-order chi connectivity index (χ1) is 37.3. The Balaban J connectivity index is 1.32. The number of hydrogen-bond acceptors (Lipinski definition) is 13. The second kappa shape index (κ2) is 29.7. The van der Waals surface area contributed by atoms with Crippen molar-refractivity contribution < 1.29 is 59.0 Å². The number of cyclic esters (lactones) is 1. The third kappa shape index (κ3) is 18.0. The second-order valence-electron chi connectivity index (χ2n) is 24.6. The fraction of sp³-hybridized carbons (Fsp3) is 0.710. The Kier molecular flexibility index (Phi) is 24.4. The van der Waals surface area contributed by atoms with Crippen LogP contribution in [0.5, 0.6) is 5.75 Å². The molecule has 9 N–H and O–H groups in total. The number of phenolic OH excluding ortho intramolecular Hbond substituents is 1. The van der Waals surface area contributed by atoms with Crippen molar-refractivity contribution in [2.75, 3.05) is 6.54 Å². The molecule has 17 atom stereocenters. The molecule has 0 radical (unpaired) electrons. The first-order valence-electron chi connectivity index (χ1n) is 29.5. The largest absolute Gasteiger partial charge is 0.508 e. The Bertz CT molecular complexity index is 2340. The Morgan fingerprint density at radius 1 is 0.899 bits per heavy atom. The minimum absolute atomic E-state index is 0.00504. The van der Waals surface area contributed by atoms with Gasteiger partial charge in [-0.1, -0.05) is 97.4 Å². The molecule has 1 saturated carbocycles. The summed E-state index contributed by atoms with van der Waals surface area (Å²) in [5.41, 5.74) is 3.97. The van der Waals surface area contributed by atoms with Gasteiger partial charge in [-0.3, -0.25) is 29.0 Å². The van der Waals surface area contributed by atoms with E-state index in [-0.39, 0.29) is 91.7 Å². The summed E-state index contributed by atoms with van der Waals surface area (Å²) in [6.07, 6.45) is 9.12. The number of nitrogens with one attached hydrogen (secondary N) is 4. The molecule has 3 aliphatic heterocycles. The smallest absolute Gasteiger partial charge is 0.325 e. The van der Waals surface area contributed by atoms with Gasteiger partial charge in [-0.25, -0.2) is 5.43 Å². The van der Waals surface area contributed by atoms with Crippen LogP contribution >= 0.6 is 0 Å². The number of carbonyl (C=O) groups is 6. The summed E-state index contributed by atoms with van der Waals surface area (Å²) in [6.45, 7) is 20.9. The maximum atomic E-state index is 14.9. The highest BCUT2D eigenvalue weighted by Crippen LogP contribution is 2.53. The van der Waals surface area contributed by atoms with E-state index in [9.17, 15) is 54.3 Å². The number of hydrogen-bond donors (Lipinski definition) is 9. The Morgan fingerprint density at radius 3 is 2.29 bits per heavy atom. The number of benzene rings is 1. The Hall–Kier alpha value is -4.94. The van der Waals surface area contributed by atoms with Crippen molar-refractivity contribution in [2.24, 2.45) is 47.3 Å². The number of aliphatic hydroxyl groups excluding tert-OH is 4. The molecular formula is C62H97N5O12. The SMILES string of the molecule is CC[C@H]1C[C@H](C)C(/C(C)=C\[C@@H](C)[C@@H](O)C[C@H](O)[C@@H](C)CCC(O)C/C=C(\C)[C@@H]2CCC(C)/C=C/C[C@H](C)[C@@H](O)[C@@H](CCC(C)=O)C(=O)N[C@@H](C(C)C)C(=O)NC3(CC3c3cccc(O)c3)C(=O)N3CCCC(N3)C(=O)O2)NC1=O. The summed E-state index contributed by atoms with van der Waals surface area (Å²) in [7, 11) is 0. The lowest BCUT2D eigenvalue weighted by molar-refractivity contribution is -0.156. The van der Waals surface area contributed by atoms with Crippen LogP contribution in [0.25, 0.3) is 0 Å². The summed E-state index contributed by atoms with van der Waals surface area (Å²) in [5, 5.41) is 66.2. The van der Waals surface area contributed by atoms with Crippen molar-refractivity contribution in [3.05, 3.63) is 65.3 Å². The molecule has 4 amide bonds. The van der Waals surface area contributed by atoms with Gasteiger partial charge in [-0.2, -0.15) is 0 Å². The second-order valence-corrected chi connectivity index (χ2v) is 24.6. The number of ketones is 1. The first kappa shape index (κ1) is 64.9. The minimum atomic E-state index is -1.51. The predicted octanol–water partition coefficient (Wildman–Crippen LogP) is 7.00. The molecule has 1 aromatic carbocycles. The van der Waals surface area contributed by atoms with Crippen LogP contribution in [-0.2, 0) is 33.5 Å². The molecule has 2 saturated heterocycles. The normalized spacial score (nSPS) is 32.5. The number of fused-ring (bicyclic) bond motifs is 2. The molecule has 3 heterocycles. The number of piperidine rings is 1. The molecule has 5 rings (SSSR count). The molecule has 3 fully saturated rings. The predicted molar refractivity (Wildman–Crippen MR) is 303 cm³/mol. The van der Waals surface area contributed by atoms with Gasteiger partial charge in [0.25, 0.3) is 5.91 Å². The molecular weight excluding hydrogens is 1010 g/mol. The van der Waals surface area contributed by atoms with Crippen LogP contribution in [0.15, 0.2) is 59.7 Å². The van der Waals surface area contributed by atoms with Crippen molar-refractivity contribution in [3.8, 4) is 5.75 Å². The van der Waals surface area contributed by atoms with Crippen LogP contribution in [-0.4, -0.2) is 127 Å². The molecule has 6 unspecified atom stereocenters. The van der Waals surface area contributed by atoms with Gasteiger partial charge in [0.15, 0.2) is 0 Å². The van der Waals surface area contributed by atoms with Crippen LogP contribution < -0.4 is 21.4 Å². The van der Waals surface area contributed by atoms with E-state index in [1.165, 1.54) is 18.0 Å². The molecule has 442 valence electrons. The number of aliphatic hydroxyl groups is 4. The van der Waals surface area contributed by atoms with E-state index in [0.717, 1.165) is 24.0 Å². The molecule has 17 heteroatoms. The number of allylic oxidation sites excluding steroid dienone is 2. The number of amides is 4. The summed E-state index contributed by atoms with van der Waals surface area (Å²) in [4.78, 5) is 82.7. The number of aromatic hydroxyl groups is 1. The number of nitrogens with zero attached hydrogens (tertiary/aromatic N) is 1. The van der Waals surface area contributed by atoms with Crippen molar-refractivity contribution in [3.63, 3.8) is 0 Å². The zero-order valence-corrected chi connectivity index (χ0v) is 49.1. The van der Waals surface area contributed by atoms with E-state index in [1.54, 1.807) is 32.0 Å². The molecule has 1 aliphatic carbocycles. The van der Waals surface area contributed by atoms with Crippen LogP contribution in [0.3, 0.4) is 0 Å². The number of ether oxygens (including phenoxy) is 1. The highest BCUT2D eigenvalue weighted by Gasteiger charge is 2.64. The van der Waals surface area contributed by atoms with Gasteiger partial charge in [0.2, 0.25) is 17.7 Å². The molecule has 4 aliphatic rings. The quantitative estimate of drug-likeness (QED) is 0.0531. The van der Waals surface area contributed by atoms with Gasteiger partial charge < -0.3 is 51.0 Å². The summed E-state index contributed by atoms with van der Waals surface area (Å²) in [6, 6.07) is 4.36. The number of rotatable bonds is 18. The van der Waals surface area contributed by atoms with Gasteiger partial charge in [-0.05, 0) is 151 Å². The third-order valence-corrected chi connectivity index (χ3v) is 17.5. The van der Waals surface area contributed by atoms with Gasteiger partial charge in [0, 0.05) is 37.1 Å². The molecule has 2 bridgehead atoms. The molecule has 0 aromatic heterocycles. The lowest BCUT2D eigenvalue weighted by Crippen LogP contribution is -2.63. The molecule has 17 nitrogen and oxygen atoms in total. The van der Waals surface area contributed by atoms with Gasteiger partial charge in [-0.15, -0.1) is 0 Å². The van der Waals surface area contributed by atoms with Crippen LogP contribution in [0, 0.1) is 47.3 Å². The highest BCUT2D eigenvalue weighted by molar-refractivity contribution is 5.98. The third-order valence-electron chi connectivity index (χ3n) is 17.5. The zero-order valence-electron chi connectivity index (χ0n) is 49.1. The Morgan fingerprint density at radius 2 is 1.62 bits per heavy atom. The van der Waals surface area contributed by atoms with Crippen molar-refractivity contribution >= 4 is 35.4 Å². The van der Waals surface area contributed by atoms with E-state index in [4.69, 9.17) is 4.74 Å². The lowest BCUT2D eigenvalue weighted by atomic mass is 9.80. The summed E-state index contributed by atoms with van der Waals surface area (Å²) >= 11 is 0. The number of esters is 1. The average molecular weight is 1100 g/mol. The summed E-state index contributed by atoms with van der Waals surface area (Å²) in [5.74, 6) is -4.94. The maximum Gasteiger partial charge on any atom is 0.325 e. The number of phenols is 1. The van der Waals surface area contributed by atoms with Crippen molar-refractivity contribution in [2.45, 2.75) is 226 Å². The lowest BCUT2D eigenvalue weighted by Gasteiger charge is -2.37.